The highest BCUT2D eigenvalue weighted by Gasteiger charge is 2.26. The van der Waals surface area contributed by atoms with Gasteiger partial charge in [0, 0.05) is 29.2 Å². The minimum absolute atomic E-state index is 0.0820. The monoisotopic (exact) mass is 479 g/mol. The Balaban J connectivity index is 1.52. The zero-order valence-electron chi connectivity index (χ0n) is 19.0. The van der Waals surface area contributed by atoms with Gasteiger partial charge in [0.15, 0.2) is 0 Å². The quantitative estimate of drug-likeness (QED) is 0.514. The molecule has 2 atom stereocenters. The van der Waals surface area contributed by atoms with Crippen molar-refractivity contribution in [1.29, 1.82) is 0 Å². The molecule has 2 aliphatic rings. The van der Waals surface area contributed by atoms with Gasteiger partial charge in [-0.05, 0) is 35.6 Å². The molecule has 0 radical (unpaired) electrons. The fraction of sp³-hybridized carbons (Fsp3) is 0.308. The Morgan fingerprint density at radius 3 is 2.65 bits per heavy atom. The number of nitrogens with zero attached hydrogens (tertiary/aromatic N) is 2. The van der Waals surface area contributed by atoms with E-state index in [0.29, 0.717) is 28.4 Å². The van der Waals surface area contributed by atoms with Crippen LogP contribution in [-0.2, 0) is 17.4 Å². The van der Waals surface area contributed by atoms with Crippen LogP contribution in [0.15, 0.2) is 71.7 Å². The Hall–Kier alpha value is -3.26. The topological polar surface area (TPSA) is 107 Å². The number of allylic oxidation sites excluding steroid dienone is 5. The summed E-state index contributed by atoms with van der Waals surface area (Å²) in [4.78, 5) is 8.67. The average molecular weight is 480 g/mol. The molecule has 34 heavy (non-hydrogen) atoms. The van der Waals surface area contributed by atoms with E-state index < -0.39 is 17.2 Å². The molecule has 1 saturated carbocycles. The lowest BCUT2D eigenvalue weighted by molar-refractivity contribution is 0.371. The molecule has 2 aromatic rings. The smallest absolute Gasteiger partial charge is 0.144 e. The van der Waals surface area contributed by atoms with Crippen molar-refractivity contribution in [3.8, 4) is 0 Å². The first-order valence-corrected chi connectivity index (χ1v) is 12.7. The van der Waals surface area contributed by atoms with Crippen LogP contribution in [0, 0.1) is 5.92 Å². The Morgan fingerprint density at radius 2 is 1.94 bits per heavy atom. The predicted molar refractivity (Wildman–Crippen MR) is 137 cm³/mol. The Bertz CT molecular complexity index is 1150. The molecule has 0 bridgehead atoms. The molecule has 178 valence electrons. The second-order valence-electron chi connectivity index (χ2n) is 8.61. The van der Waals surface area contributed by atoms with Gasteiger partial charge in [0.2, 0.25) is 0 Å². The lowest BCUT2D eigenvalue weighted by Crippen LogP contribution is -2.25. The highest BCUT2D eigenvalue weighted by molar-refractivity contribution is 7.86. The molecule has 4 rings (SSSR count). The lowest BCUT2D eigenvalue weighted by Gasteiger charge is -2.23. The van der Waals surface area contributed by atoms with Gasteiger partial charge in [-0.25, -0.2) is 18.6 Å². The molecule has 0 amide bonds. The standard InChI is InChI=1S/C26H30FN5OS/c27-22-15-20(10-11-23(22)32-34(33)13-12-18-6-2-1-3-7-18)21(16-28)25-24(30-17-31-26(25)29)14-19-8-4-5-9-19/h1-3,6-7,10-13,16-17,19,22,32H,4-5,8-9,14-15,28H2,(H2,29,30,31)/b13-12+,21-16-. The minimum Gasteiger partial charge on any atom is -0.404 e. The van der Waals surface area contributed by atoms with E-state index in [0.717, 1.165) is 17.7 Å². The van der Waals surface area contributed by atoms with Gasteiger partial charge in [-0.3, -0.25) is 0 Å². The maximum Gasteiger partial charge on any atom is 0.144 e. The van der Waals surface area contributed by atoms with Gasteiger partial charge in [-0.2, -0.15) is 0 Å². The number of hydrogen-bond acceptors (Lipinski definition) is 5. The second-order valence-corrected chi connectivity index (χ2v) is 9.69. The van der Waals surface area contributed by atoms with Crippen molar-refractivity contribution in [2.75, 3.05) is 5.73 Å². The first kappa shape index (κ1) is 23.9. The summed E-state index contributed by atoms with van der Waals surface area (Å²) in [6.45, 7) is 0. The molecule has 1 fully saturated rings. The van der Waals surface area contributed by atoms with Crippen LogP contribution in [-0.4, -0.2) is 20.3 Å². The van der Waals surface area contributed by atoms with Crippen molar-refractivity contribution in [2.24, 2.45) is 11.7 Å². The van der Waals surface area contributed by atoms with E-state index in [1.165, 1.54) is 43.6 Å². The third-order valence-corrected chi connectivity index (χ3v) is 7.12. The molecule has 0 saturated heterocycles. The molecule has 1 aromatic carbocycles. The highest BCUT2D eigenvalue weighted by atomic mass is 32.2. The number of nitrogen functional groups attached to an aromatic ring is 1. The van der Waals surface area contributed by atoms with Crippen LogP contribution in [0.2, 0.25) is 0 Å². The van der Waals surface area contributed by atoms with Gasteiger partial charge >= 0.3 is 0 Å². The zero-order valence-corrected chi connectivity index (χ0v) is 19.8. The first-order chi connectivity index (χ1) is 16.5. The molecule has 2 aliphatic carbocycles. The van der Waals surface area contributed by atoms with Crippen molar-refractivity contribution >= 4 is 28.5 Å². The van der Waals surface area contributed by atoms with Crippen molar-refractivity contribution in [2.45, 2.75) is 44.7 Å². The van der Waals surface area contributed by atoms with Crippen LogP contribution in [0.1, 0.15) is 48.9 Å². The van der Waals surface area contributed by atoms with Crippen molar-refractivity contribution in [3.05, 3.63) is 88.5 Å². The van der Waals surface area contributed by atoms with Crippen LogP contribution in [0.25, 0.3) is 11.6 Å². The van der Waals surface area contributed by atoms with E-state index in [1.807, 2.05) is 30.3 Å². The van der Waals surface area contributed by atoms with E-state index in [2.05, 4.69) is 14.7 Å². The maximum atomic E-state index is 15.1. The molecule has 0 aliphatic heterocycles. The first-order valence-electron chi connectivity index (χ1n) is 11.5. The predicted octanol–water partition coefficient (Wildman–Crippen LogP) is 4.57. The summed E-state index contributed by atoms with van der Waals surface area (Å²) in [5, 5.41) is 1.50. The summed E-state index contributed by atoms with van der Waals surface area (Å²) in [6.07, 6.45) is 12.4. The van der Waals surface area contributed by atoms with E-state index >= 15 is 4.39 Å². The van der Waals surface area contributed by atoms with Crippen LogP contribution >= 0.6 is 0 Å². The third kappa shape index (κ3) is 5.80. The van der Waals surface area contributed by atoms with Gasteiger partial charge in [0.1, 0.15) is 29.3 Å². The van der Waals surface area contributed by atoms with Gasteiger partial charge < -0.3 is 16.2 Å². The Labute approximate surface area is 202 Å². The van der Waals surface area contributed by atoms with Gasteiger partial charge in [-0.15, -0.1) is 0 Å². The molecule has 8 heteroatoms. The Kier molecular flexibility index (Phi) is 7.90. The molecular weight excluding hydrogens is 449 g/mol. The molecule has 0 spiro atoms. The highest BCUT2D eigenvalue weighted by Crippen LogP contribution is 2.36. The summed E-state index contributed by atoms with van der Waals surface area (Å²) in [6, 6.07) is 9.52. The molecule has 6 nitrogen and oxygen atoms in total. The average Bonchev–Trinajstić information content (AvgIpc) is 3.35. The minimum atomic E-state index is -1.56. The van der Waals surface area contributed by atoms with E-state index in [9.17, 15) is 4.21 Å². The van der Waals surface area contributed by atoms with Crippen molar-refractivity contribution in [3.63, 3.8) is 0 Å². The molecule has 1 aromatic heterocycles. The molecule has 2 unspecified atom stereocenters. The third-order valence-electron chi connectivity index (χ3n) is 6.30. The van der Waals surface area contributed by atoms with E-state index in [1.54, 1.807) is 18.2 Å². The number of anilines is 1. The van der Waals surface area contributed by atoms with E-state index in [-0.39, 0.29) is 12.1 Å². The SMILES string of the molecule is N/C=C(/C1=CC=C(NS(=O)/C=C/c2ccccc2)C(F)C1)c1c(N)ncnc1CC1CCCC1. The number of nitrogens with one attached hydrogen (secondary N) is 1. The number of alkyl halides is 1. The van der Waals surface area contributed by atoms with Gasteiger partial charge in [0.05, 0.1) is 11.4 Å². The number of nitrogens with two attached hydrogens (primary N) is 2. The molecule has 5 N–H and O–H groups in total. The maximum absolute atomic E-state index is 15.1. The van der Waals surface area contributed by atoms with E-state index in [4.69, 9.17) is 11.5 Å². The summed E-state index contributed by atoms with van der Waals surface area (Å²) in [7, 11) is -1.56. The summed E-state index contributed by atoms with van der Waals surface area (Å²) in [5.74, 6) is 0.909. The fourth-order valence-electron chi connectivity index (χ4n) is 4.54. The summed E-state index contributed by atoms with van der Waals surface area (Å²) >= 11 is 0. The number of aromatic nitrogens is 2. The van der Waals surface area contributed by atoms with Crippen LogP contribution < -0.4 is 16.2 Å². The number of halogens is 1. The number of hydrogen-bond donors (Lipinski definition) is 3. The molecule has 1 heterocycles. The Morgan fingerprint density at radius 1 is 1.18 bits per heavy atom. The fourth-order valence-corrected chi connectivity index (χ4v) is 5.32. The van der Waals surface area contributed by atoms with Gasteiger partial charge in [0.25, 0.3) is 0 Å². The normalized spacial score (nSPS) is 20.3. The van der Waals surface area contributed by atoms with Crippen LogP contribution in [0.3, 0.4) is 0 Å². The zero-order chi connectivity index (χ0) is 23.9. The number of rotatable bonds is 8. The number of benzene rings is 1. The van der Waals surface area contributed by atoms with Crippen molar-refractivity contribution in [1.82, 2.24) is 14.7 Å². The summed E-state index contributed by atoms with van der Waals surface area (Å²) in [5.41, 5.74) is 16.3. The second kappa shape index (κ2) is 11.2. The summed E-state index contributed by atoms with van der Waals surface area (Å²) < 4.78 is 30.3. The van der Waals surface area contributed by atoms with Crippen LogP contribution in [0.4, 0.5) is 10.2 Å². The van der Waals surface area contributed by atoms with Crippen LogP contribution in [0.5, 0.6) is 0 Å². The van der Waals surface area contributed by atoms with Crippen molar-refractivity contribution < 1.29 is 8.60 Å². The lowest BCUT2D eigenvalue weighted by atomic mass is 9.88. The molecular formula is C26H30FN5OS. The van der Waals surface area contributed by atoms with Gasteiger partial charge in [-0.1, -0.05) is 62.1 Å². The largest absolute Gasteiger partial charge is 0.404 e.